The third-order valence-electron chi connectivity index (χ3n) is 2.68. The minimum atomic E-state index is 0.574. The Kier molecular flexibility index (Phi) is 3.81. The van der Waals surface area contributed by atoms with Crippen molar-refractivity contribution in [2.45, 2.75) is 33.6 Å². The van der Waals surface area contributed by atoms with E-state index in [1.807, 2.05) is 26.0 Å². The Balaban J connectivity index is 2.20. The predicted molar refractivity (Wildman–Crippen MR) is 74.3 cm³/mol. The van der Waals surface area contributed by atoms with E-state index < -0.39 is 0 Å². The number of nitrogens with two attached hydrogens (primary N) is 1. The lowest BCUT2D eigenvalue weighted by Gasteiger charge is -2.08. The first-order chi connectivity index (χ1) is 8.60. The van der Waals surface area contributed by atoms with Crippen LogP contribution in [0.15, 0.2) is 12.1 Å². The number of hydrogen-bond donors (Lipinski definition) is 1. The Labute approximate surface area is 111 Å². The van der Waals surface area contributed by atoms with Crippen LogP contribution in [0.25, 0.3) is 0 Å². The van der Waals surface area contributed by atoms with E-state index in [-0.39, 0.29) is 0 Å². The van der Waals surface area contributed by atoms with Gasteiger partial charge in [-0.15, -0.1) is 0 Å². The Morgan fingerprint density at radius 3 is 2.78 bits per heavy atom. The molecule has 2 aromatic rings. The molecule has 96 valence electrons. The number of aryl methyl sites for hydroxylation is 3. The van der Waals surface area contributed by atoms with Gasteiger partial charge in [-0.2, -0.15) is 9.36 Å². The summed E-state index contributed by atoms with van der Waals surface area (Å²) in [4.78, 5) is 4.33. The van der Waals surface area contributed by atoms with Crippen molar-refractivity contribution < 1.29 is 4.74 Å². The van der Waals surface area contributed by atoms with Gasteiger partial charge >= 0.3 is 0 Å². The second-order valence-electron chi connectivity index (χ2n) is 4.30. The Hall–Kier alpha value is -1.62. The zero-order chi connectivity index (χ0) is 13.1. The normalized spacial score (nSPS) is 10.6. The summed E-state index contributed by atoms with van der Waals surface area (Å²) in [6.07, 6.45) is 1.92. The van der Waals surface area contributed by atoms with Gasteiger partial charge in [0.15, 0.2) is 0 Å². The van der Waals surface area contributed by atoms with E-state index in [9.17, 15) is 0 Å². The van der Waals surface area contributed by atoms with Crippen molar-refractivity contribution in [3.63, 3.8) is 0 Å². The van der Waals surface area contributed by atoms with Crippen molar-refractivity contribution in [3.8, 4) is 10.9 Å². The zero-order valence-corrected chi connectivity index (χ0v) is 11.7. The highest BCUT2D eigenvalue weighted by atomic mass is 32.1. The first-order valence-corrected chi connectivity index (χ1v) is 6.74. The minimum absolute atomic E-state index is 0.574. The van der Waals surface area contributed by atoms with Gasteiger partial charge in [0.1, 0.15) is 11.6 Å². The van der Waals surface area contributed by atoms with Crippen LogP contribution in [0.5, 0.6) is 10.9 Å². The van der Waals surface area contributed by atoms with E-state index >= 15 is 0 Å². The molecule has 1 heterocycles. The van der Waals surface area contributed by atoms with Crippen molar-refractivity contribution in [2.24, 2.45) is 0 Å². The van der Waals surface area contributed by atoms with Gasteiger partial charge in [-0.25, -0.2) is 0 Å². The van der Waals surface area contributed by atoms with Crippen molar-refractivity contribution >= 4 is 17.2 Å². The Morgan fingerprint density at radius 2 is 2.06 bits per heavy atom. The highest BCUT2D eigenvalue weighted by molar-refractivity contribution is 7.07. The van der Waals surface area contributed by atoms with Gasteiger partial charge < -0.3 is 10.5 Å². The molecule has 0 aliphatic heterocycles. The van der Waals surface area contributed by atoms with Crippen LogP contribution in [0, 0.1) is 13.8 Å². The summed E-state index contributed by atoms with van der Waals surface area (Å²) in [5.74, 6) is 1.59. The van der Waals surface area contributed by atoms with E-state index in [0.29, 0.717) is 5.19 Å². The number of nitrogen functional groups attached to an aromatic ring is 1. The third kappa shape index (κ3) is 2.79. The second-order valence-corrected chi connectivity index (χ2v) is 5.02. The van der Waals surface area contributed by atoms with Crippen LogP contribution in [0.4, 0.5) is 5.69 Å². The molecule has 4 nitrogen and oxygen atoms in total. The van der Waals surface area contributed by atoms with Crippen LogP contribution in [-0.2, 0) is 6.42 Å². The van der Waals surface area contributed by atoms with E-state index in [1.54, 1.807) is 0 Å². The molecule has 5 heteroatoms. The van der Waals surface area contributed by atoms with Crippen molar-refractivity contribution in [1.29, 1.82) is 0 Å². The Bertz CT molecular complexity index is 551. The summed E-state index contributed by atoms with van der Waals surface area (Å²) in [6.45, 7) is 6.08. The summed E-state index contributed by atoms with van der Waals surface area (Å²) in [7, 11) is 0. The summed E-state index contributed by atoms with van der Waals surface area (Å²) in [6, 6.07) is 3.85. The smallest absolute Gasteiger partial charge is 0.298 e. The molecule has 0 amide bonds. The molecule has 0 atom stereocenters. The molecule has 0 saturated carbocycles. The topological polar surface area (TPSA) is 61.0 Å². The largest absolute Gasteiger partial charge is 0.429 e. The molecule has 0 aliphatic carbocycles. The monoisotopic (exact) mass is 263 g/mol. The number of nitrogens with zero attached hydrogens (tertiary/aromatic N) is 2. The van der Waals surface area contributed by atoms with E-state index in [4.69, 9.17) is 10.5 Å². The molecular formula is C13H17N3OS. The molecular weight excluding hydrogens is 246 g/mol. The standard InChI is InChI=1S/C13H17N3OS/c1-4-5-12-15-13(18-16-12)17-11-7-10(14)8(2)6-9(11)3/h6-7H,4-5,14H2,1-3H3. The molecule has 0 radical (unpaired) electrons. The predicted octanol–water partition coefficient (Wildman–Crippen LogP) is 3.48. The molecule has 2 N–H and O–H groups in total. The fraction of sp³-hybridized carbons (Fsp3) is 0.385. The number of aromatic nitrogens is 2. The number of hydrogen-bond acceptors (Lipinski definition) is 5. The van der Waals surface area contributed by atoms with E-state index in [1.165, 1.54) is 11.5 Å². The number of ether oxygens (including phenoxy) is 1. The fourth-order valence-corrected chi connectivity index (χ4v) is 2.25. The minimum Gasteiger partial charge on any atom is -0.429 e. The molecule has 1 aromatic heterocycles. The molecule has 0 fully saturated rings. The van der Waals surface area contributed by atoms with Gasteiger partial charge in [0.2, 0.25) is 0 Å². The van der Waals surface area contributed by atoms with Gasteiger partial charge in [-0.1, -0.05) is 13.0 Å². The van der Waals surface area contributed by atoms with Crippen LogP contribution in [-0.4, -0.2) is 9.36 Å². The van der Waals surface area contributed by atoms with Gasteiger partial charge in [-0.3, -0.25) is 0 Å². The van der Waals surface area contributed by atoms with E-state index in [0.717, 1.165) is 41.2 Å². The maximum absolute atomic E-state index is 5.88. The molecule has 0 bridgehead atoms. The number of anilines is 1. The van der Waals surface area contributed by atoms with Crippen LogP contribution < -0.4 is 10.5 Å². The molecule has 0 aliphatic rings. The summed E-state index contributed by atoms with van der Waals surface area (Å²) in [5, 5.41) is 0.574. The summed E-state index contributed by atoms with van der Waals surface area (Å²) in [5.41, 5.74) is 8.72. The number of benzene rings is 1. The van der Waals surface area contributed by atoms with Crippen molar-refractivity contribution in [2.75, 3.05) is 5.73 Å². The fourth-order valence-electron chi connectivity index (χ4n) is 1.66. The Morgan fingerprint density at radius 1 is 1.28 bits per heavy atom. The third-order valence-corrected chi connectivity index (χ3v) is 3.32. The highest BCUT2D eigenvalue weighted by Crippen LogP contribution is 2.29. The molecule has 18 heavy (non-hydrogen) atoms. The van der Waals surface area contributed by atoms with Gasteiger partial charge in [-0.05, 0) is 31.4 Å². The maximum Gasteiger partial charge on any atom is 0.298 e. The SMILES string of the molecule is CCCc1nsc(Oc2cc(N)c(C)cc2C)n1. The van der Waals surface area contributed by atoms with E-state index in [2.05, 4.69) is 16.3 Å². The molecule has 0 saturated heterocycles. The average Bonchev–Trinajstić information content (AvgIpc) is 2.74. The molecule has 0 spiro atoms. The van der Waals surface area contributed by atoms with Crippen LogP contribution in [0.2, 0.25) is 0 Å². The van der Waals surface area contributed by atoms with Gasteiger partial charge in [0.05, 0.1) is 0 Å². The zero-order valence-electron chi connectivity index (χ0n) is 10.9. The average molecular weight is 263 g/mol. The lowest BCUT2D eigenvalue weighted by Crippen LogP contribution is -1.94. The lowest BCUT2D eigenvalue weighted by molar-refractivity contribution is 0.473. The summed E-state index contributed by atoms with van der Waals surface area (Å²) >= 11 is 1.28. The molecule has 0 unspecified atom stereocenters. The van der Waals surface area contributed by atoms with Crippen LogP contribution >= 0.6 is 11.5 Å². The number of rotatable bonds is 4. The van der Waals surface area contributed by atoms with Crippen molar-refractivity contribution in [3.05, 3.63) is 29.1 Å². The first-order valence-electron chi connectivity index (χ1n) is 5.97. The van der Waals surface area contributed by atoms with Crippen molar-refractivity contribution in [1.82, 2.24) is 9.36 Å². The molecule has 1 aromatic carbocycles. The maximum atomic E-state index is 5.88. The second kappa shape index (κ2) is 5.35. The quantitative estimate of drug-likeness (QED) is 0.858. The highest BCUT2D eigenvalue weighted by Gasteiger charge is 2.09. The summed E-state index contributed by atoms with van der Waals surface area (Å²) < 4.78 is 9.98. The van der Waals surface area contributed by atoms with Gasteiger partial charge in [0, 0.05) is 29.7 Å². The lowest BCUT2D eigenvalue weighted by atomic mass is 10.1. The van der Waals surface area contributed by atoms with Crippen LogP contribution in [0.3, 0.4) is 0 Å². The van der Waals surface area contributed by atoms with Crippen LogP contribution in [0.1, 0.15) is 30.3 Å². The first kappa shape index (κ1) is 12.8. The molecule has 2 rings (SSSR count). The van der Waals surface area contributed by atoms with Gasteiger partial charge in [0.25, 0.3) is 5.19 Å².